The number of aryl methyl sites for hydroxylation is 1. The lowest BCUT2D eigenvalue weighted by Crippen LogP contribution is -2.12. The summed E-state index contributed by atoms with van der Waals surface area (Å²) in [6, 6.07) is 6.65. The third-order valence-corrected chi connectivity index (χ3v) is 2.92. The topological polar surface area (TPSA) is 60.2 Å². The molecule has 0 unspecified atom stereocenters. The van der Waals surface area contributed by atoms with Crippen molar-refractivity contribution in [3.8, 4) is 0 Å². The zero-order chi connectivity index (χ0) is 9.90. The Morgan fingerprint density at radius 1 is 1.38 bits per heavy atom. The SMILES string of the molecule is NS(=O)(=O)c1cccc(CCBr)c1. The van der Waals surface area contributed by atoms with Gasteiger partial charge in [0.2, 0.25) is 10.0 Å². The van der Waals surface area contributed by atoms with Crippen LogP contribution in [0.4, 0.5) is 0 Å². The predicted molar refractivity (Wildman–Crippen MR) is 55.3 cm³/mol. The van der Waals surface area contributed by atoms with E-state index >= 15 is 0 Å². The highest BCUT2D eigenvalue weighted by Gasteiger charge is 2.06. The minimum atomic E-state index is -3.56. The lowest BCUT2D eigenvalue weighted by atomic mass is 10.2. The van der Waals surface area contributed by atoms with Crippen molar-refractivity contribution in [1.29, 1.82) is 0 Å². The summed E-state index contributed by atoms with van der Waals surface area (Å²) in [4.78, 5) is 0.172. The van der Waals surface area contributed by atoms with Crippen molar-refractivity contribution in [2.24, 2.45) is 5.14 Å². The number of benzene rings is 1. The van der Waals surface area contributed by atoms with E-state index in [1.165, 1.54) is 6.07 Å². The number of hydrogen-bond acceptors (Lipinski definition) is 2. The molecule has 0 atom stereocenters. The van der Waals surface area contributed by atoms with Crippen LogP contribution in [0.2, 0.25) is 0 Å². The molecule has 1 aromatic carbocycles. The number of rotatable bonds is 3. The highest BCUT2D eigenvalue weighted by molar-refractivity contribution is 9.09. The first-order chi connectivity index (χ1) is 6.04. The summed E-state index contributed by atoms with van der Waals surface area (Å²) in [5, 5.41) is 5.79. The Morgan fingerprint density at radius 3 is 2.62 bits per heavy atom. The maximum absolute atomic E-state index is 11.0. The third-order valence-electron chi connectivity index (χ3n) is 1.61. The molecule has 0 aliphatic carbocycles. The minimum absolute atomic E-state index is 0.172. The first-order valence-electron chi connectivity index (χ1n) is 3.72. The minimum Gasteiger partial charge on any atom is -0.225 e. The van der Waals surface area contributed by atoms with Gasteiger partial charge in [-0.1, -0.05) is 28.1 Å². The monoisotopic (exact) mass is 263 g/mol. The average molecular weight is 264 g/mol. The van der Waals surface area contributed by atoms with Gasteiger partial charge < -0.3 is 0 Å². The van der Waals surface area contributed by atoms with Gasteiger partial charge in [0.15, 0.2) is 0 Å². The summed E-state index contributed by atoms with van der Waals surface area (Å²) in [5.74, 6) is 0. The summed E-state index contributed by atoms with van der Waals surface area (Å²) >= 11 is 3.28. The zero-order valence-corrected chi connectivity index (χ0v) is 9.31. The normalized spacial score (nSPS) is 11.5. The molecule has 0 bridgehead atoms. The van der Waals surface area contributed by atoms with Gasteiger partial charge in [0, 0.05) is 5.33 Å². The molecule has 3 nitrogen and oxygen atoms in total. The van der Waals surface area contributed by atoms with Crippen molar-refractivity contribution >= 4 is 26.0 Å². The fraction of sp³-hybridized carbons (Fsp3) is 0.250. The number of alkyl halides is 1. The van der Waals surface area contributed by atoms with E-state index in [-0.39, 0.29) is 4.90 Å². The van der Waals surface area contributed by atoms with Crippen molar-refractivity contribution in [3.05, 3.63) is 29.8 Å². The second kappa shape index (κ2) is 4.21. The molecule has 1 rings (SSSR count). The molecule has 1 aromatic rings. The lowest BCUT2D eigenvalue weighted by Gasteiger charge is -2.01. The first kappa shape index (κ1) is 10.7. The molecular weight excluding hydrogens is 254 g/mol. The fourth-order valence-electron chi connectivity index (χ4n) is 0.987. The molecule has 13 heavy (non-hydrogen) atoms. The highest BCUT2D eigenvalue weighted by atomic mass is 79.9. The summed E-state index contributed by atoms with van der Waals surface area (Å²) < 4.78 is 21.9. The van der Waals surface area contributed by atoms with E-state index in [1.54, 1.807) is 12.1 Å². The molecule has 0 saturated carbocycles. The third kappa shape index (κ3) is 3.10. The Bertz CT molecular complexity index is 389. The molecule has 0 radical (unpaired) electrons. The average Bonchev–Trinajstić information content (AvgIpc) is 2.04. The summed E-state index contributed by atoms with van der Waals surface area (Å²) in [6.45, 7) is 0. The van der Waals surface area contributed by atoms with Gasteiger partial charge in [-0.05, 0) is 24.1 Å². The molecule has 0 aliphatic rings. The van der Waals surface area contributed by atoms with Crippen LogP contribution >= 0.6 is 15.9 Å². The fourth-order valence-corrected chi connectivity index (χ4v) is 2.03. The largest absolute Gasteiger partial charge is 0.238 e. The van der Waals surface area contributed by atoms with Crippen molar-refractivity contribution < 1.29 is 8.42 Å². The Morgan fingerprint density at radius 2 is 2.08 bits per heavy atom. The van der Waals surface area contributed by atoms with Crippen LogP contribution in [0.1, 0.15) is 5.56 Å². The van der Waals surface area contributed by atoms with E-state index < -0.39 is 10.0 Å². The van der Waals surface area contributed by atoms with E-state index in [4.69, 9.17) is 5.14 Å². The molecule has 0 aromatic heterocycles. The van der Waals surface area contributed by atoms with Crippen LogP contribution in [0.15, 0.2) is 29.2 Å². The molecular formula is C8H10BrNO2S. The smallest absolute Gasteiger partial charge is 0.225 e. The molecule has 0 heterocycles. The van der Waals surface area contributed by atoms with Gasteiger partial charge in [-0.2, -0.15) is 0 Å². The molecule has 0 aliphatic heterocycles. The Balaban J connectivity index is 3.06. The summed E-state index contributed by atoms with van der Waals surface area (Å²) in [7, 11) is -3.56. The number of halogens is 1. The Labute approximate surface area is 86.1 Å². The van der Waals surface area contributed by atoms with Gasteiger partial charge in [-0.25, -0.2) is 13.6 Å². The Kier molecular flexibility index (Phi) is 3.47. The van der Waals surface area contributed by atoms with Crippen LogP contribution < -0.4 is 5.14 Å². The lowest BCUT2D eigenvalue weighted by molar-refractivity contribution is 0.597. The van der Waals surface area contributed by atoms with E-state index in [0.717, 1.165) is 17.3 Å². The van der Waals surface area contributed by atoms with Crippen molar-refractivity contribution in [2.75, 3.05) is 5.33 Å². The number of hydrogen-bond donors (Lipinski definition) is 1. The van der Waals surface area contributed by atoms with Crippen molar-refractivity contribution in [1.82, 2.24) is 0 Å². The van der Waals surface area contributed by atoms with E-state index in [9.17, 15) is 8.42 Å². The van der Waals surface area contributed by atoms with Crippen molar-refractivity contribution in [3.63, 3.8) is 0 Å². The van der Waals surface area contributed by atoms with E-state index in [2.05, 4.69) is 15.9 Å². The van der Waals surface area contributed by atoms with Crippen LogP contribution in [-0.2, 0) is 16.4 Å². The Hall–Kier alpha value is -0.390. The van der Waals surface area contributed by atoms with Crippen LogP contribution in [-0.4, -0.2) is 13.7 Å². The van der Waals surface area contributed by atoms with Gasteiger partial charge in [0.25, 0.3) is 0 Å². The molecule has 72 valence electrons. The molecule has 0 amide bonds. The van der Waals surface area contributed by atoms with E-state index in [1.807, 2.05) is 6.07 Å². The number of nitrogens with two attached hydrogens (primary N) is 1. The predicted octanol–water partition coefficient (Wildman–Crippen LogP) is 1.27. The number of sulfonamides is 1. The second-order valence-corrected chi connectivity index (χ2v) is 4.99. The van der Waals surface area contributed by atoms with Gasteiger partial charge >= 0.3 is 0 Å². The zero-order valence-electron chi connectivity index (χ0n) is 6.90. The van der Waals surface area contributed by atoms with Gasteiger partial charge in [0.05, 0.1) is 4.90 Å². The molecule has 0 saturated heterocycles. The van der Waals surface area contributed by atoms with Gasteiger partial charge in [-0.15, -0.1) is 0 Å². The van der Waals surface area contributed by atoms with Crippen LogP contribution in [0, 0.1) is 0 Å². The van der Waals surface area contributed by atoms with E-state index in [0.29, 0.717) is 0 Å². The second-order valence-electron chi connectivity index (χ2n) is 2.63. The molecule has 0 spiro atoms. The van der Waals surface area contributed by atoms with Crippen LogP contribution in [0.5, 0.6) is 0 Å². The standard InChI is InChI=1S/C8H10BrNO2S/c9-5-4-7-2-1-3-8(6-7)13(10,11)12/h1-3,6H,4-5H2,(H2,10,11,12). The van der Waals surface area contributed by atoms with Gasteiger partial charge in [0.1, 0.15) is 0 Å². The summed E-state index contributed by atoms with van der Waals surface area (Å²) in [6.07, 6.45) is 0.795. The van der Waals surface area contributed by atoms with Crippen LogP contribution in [0.25, 0.3) is 0 Å². The summed E-state index contributed by atoms with van der Waals surface area (Å²) in [5.41, 5.74) is 0.961. The maximum atomic E-state index is 11.0. The quantitative estimate of drug-likeness (QED) is 0.836. The van der Waals surface area contributed by atoms with Gasteiger partial charge in [-0.3, -0.25) is 0 Å². The first-order valence-corrected chi connectivity index (χ1v) is 6.38. The van der Waals surface area contributed by atoms with Crippen LogP contribution in [0.3, 0.4) is 0 Å². The molecule has 0 fully saturated rings. The van der Waals surface area contributed by atoms with Crippen molar-refractivity contribution in [2.45, 2.75) is 11.3 Å². The molecule has 5 heteroatoms. The number of primary sulfonamides is 1. The maximum Gasteiger partial charge on any atom is 0.238 e. The molecule has 2 N–H and O–H groups in total. The highest BCUT2D eigenvalue weighted by Crippen LogP contribution is 2.10.